The fraction of sp³-hybridized carbons (Fsp3) is 0.667. The zero-order valence-corrected chi connectivity index (χ0v) is 10.7. The summed E-state index contributed by atoms with van der Waals surface area (Å²) in [6.45, 7) is 7.07. The maximum absolute atomic E-state index is 10.9. The van der Waals surface area contributed by atoms with Gasteiger partial charge in [-0.1, -0.05) is 5.92 Å². The second kappa shape index (κ2) is 8.85. The van der Waals surface area contributed by atoms with Crippen molar-refractivity contribution in [3.05, 3.63) is 6.92 Å². The number of terminal acetylenes is 1. The van der Waals surface area contributed by atoms with Crippen molar-refractivity contribution in [2.75, 3.05) is 53.6 Å². The Hall–Kier alpha value is -1.25. The van der Waals surface area contributed by atoms with Crippen molar-refractivity contribution in [2.24, 2.45) is 0 Å². The lowest BCUT2D eigenvalue weighted by molar-refractivity contribution is -0.885. The van der Waals surface area contributed by atoms with Crippen LogP contribution in [0.1, 0.15) is 0 Å². The molecule has 0 bridgehead atoms. The SMILES string of the molecule is C#CCOC(=O)NCCOCC[N+](C)(C)C[CH2]. The van der Waals surface area contributed by atoms with Crippen molar-refractivity contribution >= 4 is 6.09 Å². The Morgan fingerprint density at radius 1 is 1.47 bits per heavy atom. The molecule has 0 rings (SSSR count). The Kier molecular flexibility index (Phi) is 8.20. The molecule has 0 saturated heterocycles. The van der Waals surface area contributed by atoms with Gasteiger partial charge in [0.05, 0.1) is 33.9 Å². The number of carbonyl (C=O) groups excluding carboxylic acids is 1. The molecule has 0 aliphatic heterocycles. The van der Waals surface area contributed by atoms with Gasteiger partial charge in [-0.15, -0.1) is 6.42 Å². The first-order chi connectivity index (χ1) is 8.02. The van der Waals surface area contributed by atoms with E-state index in [1.807, 2.05) is 0 Å². The number of amides is 1. The standard InChI is InChI=1S/C12H21N2O3/c1-5-9-17-12(15)13-7-10-16-11-8-14(3,4)6-2/h1H,2,6-11H2,3-4H3/p+1. The van der Waals surface area contributed by atoms with Crippen LogP contribution in [0.5, 0.6) is 0 Å². The second-order valence-electron chi connectivity index (χ2n) is 4.20. The van der Waals surface area contributed by atoms with E-state index in [9.17, 15) is 4.79 Å². The minimum absolute atomic E-state index is 0.0120. The van der Waals surface area contributed by atoms with E-state index in [4.69, 9.17) is 11.2 Å². The maximum atomic E-state index is 10.9. The quantitative estimate of drug-likeness (QED) is 0.378. The minimum atomic E-state index is -0.514. The molecule has 97 valence electrons. The molecule has 1 N–H and O–H groups in total. The fourth-order valence-electron chi connectivity index (χ4n) is 0.909. The zero-order valence-electron chi connectivity index (χ0n) is 10.7. The second-order valence-corrected chi connectivity index (χ2v) is 4.20. The van der Waals surface area contributed by atoms with Crippen molar-refractivity contribution < 1.29 is 18.8 Å². The molecule has 0 aliphatic carbocycles. The van der Waals surface area contributed by atoms with Gasteiger partial charge in [0, 0.05) is 13.5 Å². The highest BCUT2D eigenvalue weighted by atomic mass is 16.5. The molecule has 5 heteroatoms. The summed E-state index contributed by atoms with van der Waals surface area (Å²) in [5, 5.41) is 2.53. The van der Waals surface area contributed by atoms with Gasteiger partial charge in [-0.25, -0.2) is 4.79 Å². The Bertz CT molecular complexity index is 259. The van der Waals surface area contributed by atoms with Crippen molar-refractivity contribution in [3.8, 4) is 12.3 Å². The van der Waals surface area contributed by atoms with Gasteiger partial charge in [0.1, 0.15) is 6.54 Å². The van der Waals surface area contributed by atoms with Gasteiger partial charge in [-0.05, 0) is 0 Å². The number of quaternary nitrogens is 1. The van der Waals surface area contributed by atoms with Crippen LogP contribution < -0.4 is 5.32 Å². The lowest BCUT2D eigenvalue weighted by Gasteiger charge is -2.27. The molecular weight excluding hydrogens is 220 g/mol. The van der Waals surface area contributed by atoms with Crippen LogP contribution in [0, 0.1) is 19.3 Å². The molecule has 17 heavy (non-hydrogen) atoms. The van der Waals surface area contributed by atoms with Crippen LogP contribution in [0.3, 0.4) is 0 Å². The number of nitrogens with one attached hydrogen (secondary N) is 1. The molecule has 5 nitrogen and oxygen atoms in total. The number of rotatable bonds is 8. The number of hydrogen-bond donors (Lipinski definition) is 1. The summed E-state index contributed by atoms with van der Waals surface area (Å²) in [6, 6.07) is 0. The van der Waals surface area contributed by atoms with Crippen molar-refractivity contribution in [1.82, 2.24) is 5.32 Å². The summed E-state index contributed by atoms with van der Waals surface area (Å²) in [4.78, 5) is 10.9. The average Bonchev–Trinajstić information content (AvgIpc) is 2.31. The molecule has 0 aromatic heterocycles. The van der Waals surface area contributed by atoms with E-state index in [1.54, 1.807) is 0 Å². The molecule has 0 aromatic carbocycles. The van der Waals surface area contributed by atoms with Gasteiger partial charge in [0.25, 0.3) is 0 Å². The normalized spacial score (nSPS) is 10.7. The molecule has 1 radical (unpaired) electrons. The number of nitrogens with zero attached hydrogens (tertiary/aromatic N) is 1. The summed E-state index contributed by atoms with van der Waals surface area (Å²) in [7, 11) is 4.18. The number of alkyl carbamates (subject to hydrolysis) is 1. The van der Waals surface area contributed by atoms with E-state index in [0.29, 0.717) is 19.8 Å². The van der Waals surface area contributed by atoms with Crippen LogP contribution in [0.25, 0.3) is 0 Å². The van der Waals surface area contributed by atoms with E-state index in [-0.39, 0.29) is 6.61 Å². The molecule has 0 saturated carbocycles. The van der Waals surface area contributed by atoms with Gasteiger partial charge in [-0.2, -0.15) is 0 Å². The predicted octanol–water partition coefficient (Wildman–Crippen LogP) is 0.273. The Labute approximate surface area is 104 Å². The van der Waals surface area contributed by atoms with E-state index in [2.05, 4.69) is 37.0 Å². The highest BCUT2D eigenvalue weighted by Gasteiger charge is 2.10. The summed E-state index contributed by atoms with van der Waals surface area (Å²) >= 11 is 0. The van der Waals surface area contributed by atoms with Crippen LogP contribution in [-0.4, -0.2) is 64.1 Å². The Morgan fingerprint density at radius 2 is 2.18 bits per heavy atom. The van der Waals surface area contributed by atoms with Crippen LogP contribution in [-0.2, 0) is 9.47 Å². The predicted molar refractivity (Wildman–Crippen MR) is 66.2 cm³/mol. The molecule has 0 heterocycles. The largest absolute Gasteiger partial charge is 0.436 e. The third-order valence-electron chi connectivity index (χ3n) is 2.25. The molecule has 1 amide bonds. The molecule has 0 atom stereocenters. The van der Waals surface area contributed by atoms with Gasteiger partial charge < -0.3 is 19.3 Å². The molecule has 0 aliphatic rings. The van der Waals surface area contributed by atoms with Crippen LogP contribution in [0.2, 0.25) is 0 Å². The van der Waals surface area contributed by atoms with Crippen LogP contribution in [0.4, 0.5) is 4.79 Å². The van der Waals surface area contributed by atoms with Crippen molar-refractivity contribution in [1.29, 1.82) is 0 Å². The number of ether oxygens (including phenoxy) is 2. The van der Waals surface area contributed by atoms with Gasteiger partial charge in [-0.3, -0.25) is 0 Å². The van der Waals surface area contributed by atoms with E-state index >= 15 is 0 Å². The average molecular weight is 242 g/mol. The van der Waals surface area contributed by atoms with Gasteiger partial charge in [0.2, 0.25) is 0 Å². The first-order valence-electron chi connectivity index (χ1n) is 5.55. The lowest BCUT2D eigenvalue weighted by Crippen LogP contribution is -2.42. The molecule has 0 spiro atoms. The number of carbonyl (C=O) groups is 1. The summed E-state index contributed by atoms with van der Waals surface area (Å²) < 4.78 is 10.8. The topological polar surface area (TPSA) is 47.6 Å². The molecular formula is C12H22N2O3+. The van der Waals surface area contributed by atoms with E-state index < -0.39 is 6.09 Å². The van der Waals surface area contributed by atoms with E-state index in [1.165, 1.54) is 0 Å². The Morgan fingerprint density at radius 3 is 2.76 bits per heavy atom. The van der Waals surface area contributed by atoms with Crippen LogP contribution >= 0.6 is 0 Å². The van der Waals surface area contributed by atoms with Crippen LogP contribution in [0.15, 0.2) is 0 Å². The van der Waals surface area contributed by atoms with Gasteiger partial charge in [0.15, 0.2) is 6.61 Å². The van der Waals surface area contributed by atoms with E-state index in [0.717, 1.165) is 17.6 Å². The van der Waals surface area contributed by atoms with Crippen molar-refractivity contribution in [2.45, 2.75) is 0 Å². The summed E-state index contributed by atoms with van der Waals surface area (Å²) in [5.74, 6) is 2.21. The highest BCUT2D eigenvalue weighted by molar-refractivity contribution is 5.67. The van der Waals surface area contributed by atoms with Crippen molar-refractivity contribution in [3.63, 3.8) is 0 Å². The fourth-order valence-corrected chi connectivity index (χ4v) is 0.909. The highest BCUT2D eigenvalue weighted by Crippen LogP contribution is 1.94. The molecule has 0 unspecified atom stereocenters. The first kappa shape index (κ1) is 15.8. The summed E-state index contributed by atoms with van der Waals surface area (Å²) in [5.41, 5.74) is 0. The van der Waals surface area contributed by atoms with Gasteiger partial charge >= 0.3 is 6.09 Å². The third kappa shape index (κ3) is 9.67. The number of hydrogen-bond acceptors (Lipinski definition) is 3. The number of likely N-dealkylation sites (N-methyl/N-ethyl adjacent to an activating group) is 1. The molecule has 0 fully saturated rings. The third-order valence-corrected chi connectivity index (χ3v) is 2.25. The monoisotopic (exact) mass is 242 g/mol. The zero-order chi connectivity index (χ0) is 13.1. The molecule has 0 aromatic rings. The Balaban J connectivity index is 3.36. The first-order valence-corrected chi connectivity index (χ1v) is 5.55. The summed E-state index contributed by atoms with van der Waals surface area (Å²) in [6.07, 6.45) is 4.43. The smallest absolute Gasteiger partial charge is 0.408 e. The minimum Gasteiger partial charge on any atom is -0.436 e. The lowest BCUT2D eigenvalue weighted by atomic mass is 10.4. The maximum Gasteiger partial charge on any atom is 0.408 e.